The zero-order chi connectivity index (χ0) is 17.8. The fourth-order valence-corrected chi connectivity index (χ4v) is 3.68. The molecule has 0 spiro atoms. The molecule has 1 fully saturated rings. The van der Waals surface area contributed by atoms with Gasteiger partial charge >= 0.3 is 0 Å². The van der Waals surface area contributed by atoms with E-state index in [0.29, 0.717) is 22.2 Å². The Labute approximate surface area is 158 Å². The average Bonchev–Trinajstić information content (AvgIpc) is 3.10. The van der Waals surface area contributed by atoms with Gasteiger partial charge < -0.3 is 9.73 Å². The lowest BCUT2D eigenvalue weighted by Crippen LogP contribution is -2.41. The minimum atomic E-state index is -0.205. The van der Waals surface area contributed by atoms with Crippen LogP contribution in [0.2, 0.25) is 10.0 Å². The fourth-order valence-electron chi connectivity index (χ4n) is 3.19. The molecule has 4 nitrogen and oxygen atoms in total. The van der Waals surface area contributed by atoms with E-state index in [2.05, 4.69) is 17.1 Å². The number of carbonyl (C=O) groups is 1. The van der Waals surface area contributed by atoms with Crippen LogP contribution in [-0.2, 0) is 0 Å². The summed E-state index contributed by atoms with van der Waals surface area (Å²) in [6.45, 7) is 4.76. The maximum absolute atomic E-state index is 12.5. The third-order valence-electron chi connectivity index (χ3n) is 4.76. The number of benzene rings is 1. The van der Waals surface area contributed by atoms with E-state index in [-0.39, 0.29) is 11.9 Å². The molecule has 6 heteroatoms. The molecule has 0 saturated carbocycles. The highest BCUT2D eigenvalue weighted by Gasteiger charge is 2.27. The topological polar surface area (TPSA) is 45.5 Å². The van der Waals surface area contributed by atoms with Crippen molar-refractivity contribution >= 4 is 29.1 Å². The lowest BCUT2D eigenvalue weighted by Gasteiger charge is -2.35. The van der Waals surface area contributed by atoms with E-state index in [0.717, 1.165) is 37.6 Å². The normalized spacial score (nSPS) is 17.4. The Balaban J connectivity index is 1.69. The molecular formula is C19H22Cl2N2O2. The van der Waals surface area contributed by atoms with Gasteiger partial charge in [-0.1, -0.05) is 30.1 Å². The van der Waals surface area contributed by atoms with Gasteiger partial charge in [0.05, 0.1) is 22.9 Å². The van der Waals surface area contributed by atoms with E-state index < -0.39 is 0 Å². The van der Waals surface area contributed by atoms with Crippen molar-refractivity contribution in [3.63, 3.8) is 0 Å². The molecule has 1 N–H and O–H groups in total. The first-order valence-corrected chi connectivity index (χ1v) is 9.31. The molecule has 1 aromatic carbocycles. The Bertz CT molecular complexity index is 710. The number of rotatable bonds is 5. The van der Waals surface area contributed by atoms with Crippen molar-refractivity contribution in [1.82, 2.24) is 10.2 Å². The van der Waals surface area contributed by atoms with Gasteiger partial charge in [-0.25, -0.2) is 0 Å². The standard InChI is InChI=1S/C19H22Cl2N2O2/c1-13-6-8-23(9-7-13)17(18-3-2-10-25-18)12-22-19(24)15-5-4-14(20)11-16(15)21/h2-5,10-11,13,17H,6-9,12H2,1H3,(H,22,24). The van der Waals surface area contributed by atoms with E-state index in [1.54, 1.807) is 24.5 Å². The summed E-state index contributed by atoms with van der Waals surface area (Å²) in [6, 6.07) is 8.76. The summed E-state index contributed by atoms with van der Waals surface area (Å²) in [4.78, 5) is 14.9. The van der Waals surface area contributed by atoms with Crippen molar-refractivity contribution in [1.29, 1.82) is 0 Å². The van der Waals surface area contributed by atoms with Crippen LogP contribution in [0.15, 0.2) is 41.0 Å². The van der Waals surface area contributed by atoms with Crippen LogP contribution in [0.5, 0.6) is 0 Å². The van der Waals surface area contributed by atoms with Crippen LogP contribution < -0.4 is 5.32 Å². The summed E-state index contributed by atoms with van der Waals surface area (Å²) in [5, 5.41) is 3.85. The van der Waals surface area contributed by atoms with Crippen molar-refractivity contribution in [3.05, 3.63) is 58.0 Å². The summed E-state index contributed by atoms with van der Waals surface area (Å²) in [5.74, 6) is 1.41. The lowest BCUT2D eigenvalue weighted by molar-refractivity contribution is 0.0896. The molecule has 1 aliphatic heterocycles. The second-order valence-electron chi connectivity index (χ2n) is 6.58. The quantitative estimate of drug-likeness (QED) is 0.810. The molecule has 1 saturated heterocycles. The number of halogens is 2. The summed E-state index contributed by atoms with van der Waals surface area (Å²) in [6.07, 6.45) is 4.00. The minimum absolute atomic E-state index is 0.0255. The first-order valence-electron chi connectivity index (χ1n) is 8.55. The Morgan fingerprint density at radius 3 is 2.72 bits per heavy atom. The lowest BCUT2D eigenvalue weighted by atomic mass is 9.97. The van der Waals surface area contributed by atoms with Gasteiger partial charge in [-0.2, -0.15) is 0 Å². The first-order chi connectivity index (χ1) is 12.0. The molecule has 2 heterocycles. The van der Waals surface area contributed by atoms with E-state index in [1.807, 2.05) is 12.1 Å². The number of furan rings is 1. The molecule has 0 aliphatic carbocycles. The van der Waals surface area contributed by atoms with Gasteiger partial charge in [-0.3, -0.25) is 9.69 Å². The van der Waals surface area contributed by atoms with Crippen molar-refractivity contribution in [2.24, 2.45) is 5.92 Å². The third kappa shape index (κ3) is 4.57. The van der Waals surface area contributed by atoms with E-state index in [4.69, 9.17) is 27.6 Å². The maximum atomic E-state index is 12.5. The minimum Gasteiger partial charge on any atom is -0.468 e. The second-order valence-corrected chi connectivity index (χ2v) is 7.43. The Morgan fingerprint density at radius 2 is 2.08 bits per heavy atom. The predicted molar refractivity (Wildman–Crippen MR) is 100 cm³/mol. The number of amides is 1. The molecule has 2 aromatic rings. The van der Waals surface area contributed by atoms with Gasteiger partial charge in [0.15, 0.2) is 0 Å². The number of nitrogens with one attached hydrogen (secondary N) is 1. The highest BCUT2D eigenvalue weighted by Crippen LogP contribution is 2.27. The van der Waals surface area contributed by atoms with Gasteiger partial charge in [-0.15, -0.1) is 0 Å². The van der Waals surface area contributed by atoms with E-state index in [9.17, 15) is 4.79 Å². The maximum Gasteiger partial charge on any atom is 0.252 e. The first kappa shape index (κ1) is 18.3. The second kappa shape index (κ2) is 8.26. The highest BCUT2D eigenvalue weighted by molar-refractivity contribution is 6.36. The largest absolute Gasteiger partial charge is 0.468 e. The predicted octanol–water partition coefficient (Wildman–Crippen LogP) is 4.79. The smallest absolute Gasteiger partial charge is 0.252 e. The van der Waals surface area contributed by atoms with Crippen LogP contribution in [0, 0.1) is 5.92 Å². The van der Waals surface area contributed by atoms with Crippen LogP contribution in [-0.4, -0.2) is 30.4 Å². The summed E-state index contributed by atoms with van der Waals surface area (Å²) < 4.78 is 5.62. The molecule has 1 amide bonds. The highest BCUT2D eigenvalue weighted by atomic mass is 35.5. The number of hydrogen-bond acceptors (Lipinski definition) is 3. The van der Waals surface area contributed by atoms with Crippen LogP contribution >= 0.6 is 23.2 Å². The number of piperidine rings is 1. The average molecular weight is 381 g/mol. The number of nitrogens with zero attached hydrogens (tertiary/aromatic N) is 1. The van der Waals surface area contributed by atoms with Crippen molar-refractivity contribution in [2.45, 2.75) is 25.8 Å². The van der Waals surface area contributed by atoms with Crippen LogP contribution in [0.25, 0.3) is 0 Å². The summed E-state index contributed by atoms with van der Waals surface area (Å²) in [5.41, 5.74) is 0.427. The number of carbonyl (C=O) groups excluding carboxylic acids is 1. The van der Waals surface area contributed by atoms with Gasteiger partial charge in [-0.05, 0) is 62.2 Å². The molecule has 1 aliphatic rings. The summed E-state index contributed by atoms with van der Waals surface area (Å²) >= 11 is 12.0. The molecule has 3 rings (SSSR count). The molecule has 25 heavy (non-hydrogen) atoms. The number of likely N-dealkylation sites (tertiary alicyclic amines) is 1. The van der Waals surface area contributed by atoms with Crippen molar-refractivity contribution in [2.75, 3.05) is 19.6 Å². The zero-order valence-corrected chi connectivity index (χ0v) is 15.7. The Hall–Kier alpha value is -1.49. The molecular weight excluding hydrogens is 359 g/mol. The third-order valence-corrected chi connectivity index (χ3v) is 5.31. The van der Waals surface area contributed by atoms with Crippen LogP contribution in [0.4, 0.5) is 0 Å². The van der Waals surface area contributed by atoms with E-state index in [1.165, 1.54) is 0 Å². The monoisotopic (exact) mass is 380 g/mol. The van der Waals surface area contributed by atoms with Crippen LogP contribution in [0.3, 0.4) is 0 Å². The molecule has 0 bridgehead atoms. The van der Waals surface area contributed by atoms with Crippen molar-refractivity contribution in [3.8, 4) is 0 Å². The molecule has 134 valence electrons. The molecule has 1 atom stereocenters. The fraction of sp³-hybridized carbons (Fsp3) is 0.421. The summed E-state index contributed by atoms with van der Waals surface area (Å²) in [7, 11) is 0. The SMILES string of the molecule is CC1CCN(C(CNC(=O)c2ccc(Cl)cc2Cl)c2ccco2)CC1. The molecule has 1 unspecified atom stereocenters. The van der Waals surface area contributed by atoms with Crippen LogP contribution in [0.1, 0.15) is 41.9 Å². The van der Waals surface area contributed by atoms with E-state index >= 15 is 0 Å². The van der Waals surface area contributed by atoms with Gasteiger partial charge in [0.25, 0.3) is 5.91 Å². The Morgan fingerprint density at radius 1 is 1.32 bits per heavy atom. The molecule has 0 radical (unpaired) electrons. The molecule has 1 aromatic heterocycles. The zero-order valence-electron chi connectivity index (χ0n) is 14.2. The van der Waals surface area contributed by atoms with Gasteiger partial charge in [0.2, 0.25) is 0 Å². The van der Waals surface area contributed by atoms with Gasteiger partial charge in [0, 0.05) is 11.6 Å². The van der Waals surface area contributed by atoms with Crippen molar-refractivity contribution < 1.29 is 9.21 Å². The van der Waals surface area contributed by atoms with Gasteiger partial charge in [0.1, 0.15) is 5.76 Å². The Kier molecular flexibility index (Phi) is 6.05. The number of hydrogen-bond donors (Lipinski definition) is 1.